The maximum Gasteiger partial charge on any atom is 0.333 e. The van der Waals surface area contributed by atoms with E-state index in [1.165, 1.54) is 17.8 Å². The molecular weight excluding hydrogens is 382 g/mol. The van der Waals surface area contributed by atoms with Crippen LogP contribution in [0.3, 0.4) is 0 Å². The van der Waals surface area contributed by atoms with E-state index in [0.29, 0.717) is 29.6 Å². The smallest absolute Gasteiger partial charge is 0.333 e. The Labute approximate surface area is 168 Å². The third-order valence-electron chi connectivity index (χ3n) is 3.93. The summed E-state index contributed by atoms with van der Waals surface area (Å²) in [6.07, 6.45) is 1.34. The highest BCUT2D eigenvalue weighted by Gasteiger charge is 2.27. The summed E-state index contributed by atoms with van der Waals surface area (Å²) in [5.41, 5.74) is 0.685. The molecule has 1 fully saturated rings. The summed E-state index contributed by atoms with van der Waals surface area (Å²) >= 11 is 1.31. The SMILES string of the molecule is CCOC(=O)/C=C1\SCC(=O)N1CCN(C)CC(=O)Nc1ccc(OC)cc1. The van der Waals surface area contributed by atoms with E-state index < -0.39 is 5.97 Å². The van der Waals surface area contributed by atoms with Gasteiger partial charge in [0, 0.05) is 18.8 Å². The Morgan fingerprint density at radius 2 is 2.04 bits per heavy atom. The number of likely N-dealkylation sites (N-methyl/N-ethyl adjacent to an activating group) is 1. The number of esters is 1. The van der Waals surface area contributed by atoms with Crippen LogP contribution >= 0.6 is 11.8 Å². The van der Waals surface area contributed by atoms with Gasteiger partial charge in [-0.2, -0.15) is 0 Å². The zero-order valence-corrected chi connectivity index (χ0v) is 17.1. The number of carbonyl (C=O) groups is 3. The van der Waals surface area contributed by atoms with Crippen molar-refractivity contribution in [2.24, 2.45) is 0 Å². The molecule has 0 saturated carbocycles. The van der Waals surface area contributed by atoms with Gasteiger partial charge in [0.15, 0.2) is 0 Å². The van der Waals surface area contributed by atoms with Gasteiger partial charge >= 0.3 is 5.97 Å². The molecule has 9 heteroatoms. The first kappa shape index (κ1) is 21.8. The molecule has 0 unspecified atom stereocenters. The molecule has 1 saturated heterocycles. The number of rotatable bonds is 9. The van der Waals surface area contributed by atoms with Gasteiger partial charge in [0.1, 0.15) is 5.75 Å². The highest BCUT2D eigenvalue weighted by Crippen LogP contribution is 2.28. The summed E-state index contributed by atoms with van der Waals surface area (Å²) < 4.78 is 9.98. The maximum absolute atomic E-state index is 12.2. The Kier molecular flexibility index (Phi) is 8.34. The third-order valence-corrected chi connectivity index (χ3v) is 4.96. The molecule has 2 rings (SSSR count). The summed E-state index contributed by atoms with van der Waals surface area (Å²) in [7, 11) is 3.38. The normalized spacial score (nSPS) is 15.2. The van der Waals surface area contributed by atoms with Gasteiger partial charge in [0.25, 0.3) is 0 Å². The molecular formula is C19H25N3O5S. The van der Waals surface area contributed by atoms with Crippen LogP contribution in [0.2, 0.25) is 0 Å². The quantitative estimate of drug-likeness (QED) is 0.491. The van der Waals surface area contributed by atoms with Crippen molar-refractivity contribution in [1.29, 1.82) is 0 Å². The minimum atomic E-state index is -0.461. The van der Waals surface area contributed by atoms with Crippen molar-refractivity contribution in [3.05, 3.63) is 35.4 Å². The molecule has 1 heterocycles. The van der Waals surface area contributed by atoms with Crippen LogP contribution in [0.1, 0.15) is 6.92 Å². The first-order chi connectivity index (χ1) is 13.4. The molecule has 0 bridgehead atoms. The van der Waals surface area contributed by atoms with E-state index in [-0.39, 0.29) is 25.0 Å². The molecule has 152 valence electrons. The van der Waals surface area contributed by atoms with Gasteiger partial charge in [-0.25, -0.2) is 4.79 Å². The van der Waals surface area contributed by atoms with Crippen molar-refractivity contribution in [1.82, 2.24) is 9.80 Å². The maximum atomic E-state index is 12.2. The predicted molar refractivity (Wildman–Crippen MR) is 108 cm³/mol. The van der Waals surface area contributed by atoms with E-state index in [4.69, 9.17) is 9.47 Å². The second-order valence-electron chi connectivity index (χ2n) is 6.08. The minimum absolute atomic E-state index is 0.0587. The Hall–Kier alpha value is -2.52. The fourth-order valence-corrected chi connectivity index (χ4v) is 3.48. The number of hydrogen-bond acceptors (Lipinski definition) is 7. The van der Waals surface area contributed by atoms with Crippen LogP contribution in [0.15, 0.2) is 35.4 Å². The lowest BCUT2D eigenvalue weighted by molar-refractivity contribution is -0.137. The largest absolute Gasteiger partial charge is 0.497 e. The minimum Gasteiger partial charge on any atom is -0.497 e. The van der Waals surface area contributed by atoms with Crippen LogP contribution in [0.25, 0.3) is 0 Å². The molecule has 0 atom stereocenters. The van der Waals surface area contributed by atoms with Crippen LogP contribution in [-0.2, 0) is 19.1 Å². The second kappa shape index (κ2) is 10.7. The number of thioether (sulfide) groups is 1. The Bertz CT molecular complexity index is 736. The predicted octanol–water partition coefficient (Wildman–Crippen LogP) is 1.55. The first-order valence-corrected chi connectivity index (χ1v) is 9.85. The number of benzene rings is 1. The van der Waals surface area contributed by atoms with E-state index in [1.807, 2.05) is 4.90 Å². The molecule has 1 aromatic rings. The van der Waals surface area contributed by atoms with Gasteiger partial charge in [-0.05, 0) is 38.2 Å². The van der Waals surface area contributed by atoms with Crippen molar-refractivity contribution in [2.45, 2.75) is 6.92 Å². The van der Waals surface area contributed by atoms with E-state index in [2.05, 4.69) is 5.32 Å². The van der Waals surface area contributed by atoms with Crippen LogP contribution in [0.5, 0.6) is 5.75 Å². The lowest BCUT2D eigenvalue weighted by Gasteiger charge is -2.22. The number of ether oxygens (including phenoxy) is 2. The monoisotopic (exact) mass is 407 g/mol. The average molecular weight is 407 g/mol. The number of amides is 2. The zero-order chi connectivity index (χ0) is 20.5. The van der Waals surface area contributed by atoms with Gasteiger partial charge in [0.2, 0.25) is 11.8 Å². The lowest BCUT2D eigenvalue weighted by atomic mass is 10.3. The number of anilines is 1. The molecule has 1 aliphatic heterocycles. The lowest BCUT2D eigenvalue weighted by Crippen LogP contribution is -2.37. The Morgan fingerprint density at radius 3 is 2.68 bits per heavy atom. The van der Waals surface area contributed by atoms with Crippen molar-refractivity contribution in [3.63, 3.8) is 0 Å². The van der Waals surface area contributed by atoms with E-state index in [0.717, 1.165) is 5.75 Å². The number of carbonyl (C=O) groups excluding carboxylic acids is 3. The molecule has 8 nitrogen and oxygen atoms in total. The molecule has 0 radical (unpaired) electrons. The van der Waals surface area contributed by atoms with Crippen LogP contribution < -0.4 is 10.1 Å². The van der Waals surface area contributed by atoms with Gasteiger partial charge in [-0.3, -0.25) is 14.5 Å². The molecule has 1 aromatic carbocycles. The molecule has 0 spiro atoms. The Balaban J connectivity index is 1.82. The van der Waals surface area contributed by atoms with E-state index in [1.54, 1.807) is 50.2 Å². The molecule has 0 aromatic heterocycles. The van der Waals surface area contributed by atoms with E-state index >= 15 is 0 Å². The fraction of sp³-hybridized carbons (Fsp3) is 0.421. The molecule has 1 N–H and O–H groups in total. The van der Waals surface area contributed by atoms with Crippen molar-refractivity contribution in [3.8, 4) is 5.75 Å². The van der Waals surface area contributed by atoms with Gasteiger partial charge in [0.05, 0.1) is 37.1 Å². The van der Waals surface area contributed by atoms with Crippen LogP contribution in [0.4, 0.5) is 5.69 Å². The highest BCUT2D eigenvalue weighted by atomic mass is 32.2. The van der Waals surface area contributed by atoms with Crippen LogP contribution in [0, 0.1) is 0 Å². The zero-order valence-electron chi connectivity index (χ0n) is 16.3. The molecule has 0 aliphatic carbocycles. The summed E-state index contributed by atoms with van der Waals surface area (Å²) in [4.78, 5) is 39.2. The highest BCUT2D eigenvalue weighted by molar-refractivity contribution is 8.04. The third kappa shape index (κ3) is 6.58. The summed E-state index contributed by atoms with van der Waals surface area (Å²) in [5, 5.41) is 3.40. The first-order valence-electron chi connectivity index (χ1n) is 8.87. The standard InChI is InChI=1S/C19H25N3O5S/c1-4-27-19(25)11-18-22(17(24)13-28-18)10-9-21(2)12-16(23)20-14-5-7-15(26-3)8-6-14/h5-8,11H,4,9-10,12-13H2,1-3H3,(H,20,23)/b18-11-. The van der Waals surface area contributed by atoms with Gasteiger partial charge in [-0.1, -0.05) is 11.8 Å². The fourth-order valence-electron chi connectivity index (χ4n) is 2.52. The van der Waals surface area contributed by atoms with Crippen molar-refractivity contribution >= 4 is 35.2 Å². The van der Waals surface area contributed by atoms with E-state index in [9.17, 15) is 14.4 Å². The topological polar surface area (TPSA) is 88.2 Å². The number of hydrogen-bond donors (Lipinski definition) is 1. The summed E-state index contributed by atoms with van der Waals surface area (Å²) in [5.74, 6) is 0.341. The Morgan fingerprint density at radius 1 is 1.32 bits per heavy atom. The number of methoxy groups -OCH3 is 1. The molecule has 28 heavy (non-hydrogen) atoms. The van der Waals surface area contributed by atoms with Gasteiger partial charge < -0.3 is 19.7 Å². The number of nitrogens with one attached hydrogen (secondary N) is 1. The average Bonchev–Trinajstić information content (AvgIpc) is 3.00. The molecule has 1 aliphatic rings. The van der Waals surface area contributed by atoms with Crippen molar-refractivity contribution in [2.75, 3.05) is 51.5 Å². The number of nitrogens with zero attached hydrogens (tertiary/aromatic N) is 2. The molecule has 2 amide bonds. The van der Waals surface area contributed by atoms with Crippen LogP contribution in [-0.4, -0.2) is 73.7 Å². The summed E-state index contributed by atoms with van der Waals surface area (Å²) in [6.45, 7) is 3.07. The van der Waals surface area contributed by atoms with Crippen molar-refractivity contribution < 1.29 is 23.9 Å². The second-order valence-corrected chi connectivity index (χ2v) is 7.08. The summed E-state index contributed by atoms with van der Waals surface area (Å²) in [6, 6.07) is 7.08. The van der Waals surface area contributed by atoms with Gasteiger partial charge in [-0.15, -0.1) is 0 Å².